The number of carbonyl (C=O) groups is 2. The van der Waals surface area contributed by atoms with Gasteiger partial charge in [0.2, 0.25) is 0 Å². The number of ether oxygens (including phenoxy) is 1. The molecule has 1 saturated heterocycles. The molecule has 1 aliphatic rings. The number of benzene rings is 1. The van der Waals surface area contributed by atoms with Crippen LogP contribution in [0.15, 0.2) is 22.7 Å². The molecule has 0 radical (unpaired) electrons. The number of halogens is 2. The van der Waals surface area contributed by atoms with Crippen molar-refractivity contribution in [1.82, 2.24) is 4.90 Å². The van der Waals surface area contributed by atoms with Gasteiger partial charge in [0.25, 0.3) is 0 Å². The molecule has 7 heteroatoms. The monoisotopic (exact) mass is 387 g/mol. The smallest absolute Gasteiger partial charge is 0.410 e. The first-order chi connectivity index (χ1) is 10.6. The van der Waals surface area contributed by atoms with Crippen molar-refractivity contribution in [2.45, 2.75) is 32.3 Å². The lowest BCUT2D eigenvalue weighted by atomic mass is 9.89. The Hall–Kier alpha value is -1.63. The van der Waals surface area contributed by atoms with Gasteiger partial charge in [-0.05, 0) is 54.4 Å². The standard InChI is InChI=1S/C16H19BrFNO4/c1-16(2,3)23-15(22)19-7-10(11(8-19)14(20)21)9-4-5-13(18)12(17)6-9/h4-6,10-11H,7-8H2,1-3H3,(H,20,21). The number of aliphatic carboxylic acids is 1. The molecule has 5 nitrogen and oxygen atoms in total. The third-order valence-corrected chi connectivity index (χ3v) is 4.27. The molecule has 1 aromatic carbocycles. The molecule has 23 heavy (non-hydrogen) atoms. The third-order valence-electron chi connectivity index (χ3n) is 3.66. The fourth-order valence-corrected chi connectivity index (χ4v) is 3.01. The van der Waals surface area contributed by atoms with E-state index >= 15 is 0 Å². The number of carboxylic acid groups (broad SMARTS) is 1. The number of rotatable bonds is 2. The number of hydrogen-bond acceptors (Lipinski definition) is 3. The fraction of sp³-hybridized carbons (Fsp3) is 0.500. The molecule has 0 aliphatic carbocycles. The van der Waals surface area contributed by atoms with Gasteiger partial charge in [0, 0.05) is 19.0 Å². The molecule has 1 aromatic rings. The Balaban J connectivity index is 2.23. The van der Waals surface area contributed by atoms with Crippen LogP contribution in [0.3, 0.4) is 0 Å². The predicted octanol–water partition coefficient (Wildman–Crippen LogP) is 3.62. The SMILES string of the molecule is CC(C)(C)OC(=O)N1CC(C(=O)O)C(c2ccc(F)c(Br)c2)C1. The average Bonchev–Trinajstić information content (AvgIpc) is 2.85. The molecule has 2 unspecified atom stereocenters. The molecular weight excluding hydrogens is 369 g/mol. The summed E-state index contributed by atoms with van der Waals surface area (Å²) < 4.78 is 19.0. The Morgan fingerprint density at radius 2 is 2.00 bits per heavy atom. The van der Waals surface area contributed by atoms with Crippen molar-refractivity contribution in [2.75, 3.05) is 13.1 Å². The zero-order valence-electron chi connectivity index (χ0n) is 13.2. The second kappa shape index (κ2) is 6.47. The van der Waals surface area contributed by atoms with Crippen LogP contribution in [-0.2, 0) is 9.53 Å². The Bertz CT molecular complexity index is 629. The minimum absolute atomic E-state index is 0.0733. The maximum Gasteiger partial charge on any atom is 0.410 e. The van der Waals surface area contributed by atoms with Gasteiger partial charge in [-0.15, -0.1) is 0 Å². The second-order valence-electron chi connectivity index (χ2n) is 6.61. The lowest BCUT2D eigenvalue weighted by Crippen LogP contribution is -2.35. The zero-order chi connectivity index (χ0) is 17.4. The summed E-state index contributed by atoms with van der Waals surface area (Å²) in [4.78, 5) is 25.1. The lowest BCUT2D eigenvalue weighted by Gasteiger charge is -2.24. The van der Waals surface area contributed by atoms with E-state index in [9.17, 15) is 19.1 Å². The summed E-state index contributed by atoms with van der Waals surface area (Å²) in [7, 11) is 0. The largest absolute Gasteiger partial charge is 0.481 e. The summed E-state index contributed by atoms with van der Waals surface area (Å²) >= 11 is 3.11. The Morgan fingerprint density at radius 3 is 2.52 bits per heavy atom. The van der Waals surface area contributed by atoms with Crippen molar-refractivity contribution in [3.8, 4) is 0 Å². The Kier molecular flexibility index (Phi) is 4.98. The van der Waals surface area contributed by atoms with E-state index in [1.54, 1.807) is 32.9 Å². The van der Waals surface area contributed by atoms with Gasteiger partial charge in [0.15, 0.2) is 0 Å². The molecule has 126 valence electrons. The Morgan fingerprint density at radius 1 is 1.35 bits per heavy atom. The van der Waals surface area contributed by atoms with Crippen LogP contribution in [-0.4, -0.2) is 40.8 Å². The number of carbonyl (C=O) groups excluding carboxylic acids is 1. The van der Waals surface area contributed by atoms with E-state index in [1.165, 1.54) is 11.0 Å². The van der Waals surface area contributed by atoms with E-state index in [-0.39, 0.29) is 17.6 Å². The lowest BCUT2D eigenvalue weighted by molar-refractivity contribution is -0.141. The van der Waals surface area contributed by atoms with Crippen LogP contribution in [0.1, 0.15) is 32.3 Å². The van der Waals surface area contributed by atoms with Gasteiger partial charge in [-0.25, -0.2) is 9.18 Å². The zero-order valence-corrected chi connectivity index (χ0v) is 14.8. The summed E-state index contributed by atoms with van der Waals surface area (Å²) in [6.45, 7) is 5.56. The van der Waals surface area contributed by atoms with Crippen molar-refractivity contribution in [3.05, 3.63) is 34.1 Å². The quantitative estimate of drug-likeness (QED) is 0.841. The molecule has 1 aliphatic heterocycles. The van der Waals surface area contributed by atoms with Gasteiger partial charge in [-0.3, -0.25) is 4.79 Å². The molecule has 1 fully saturated rings. The van der Waals surface area contributed by atoms with E-state index in [0.29, 0.717) is 5.56 Å². The minimum Gasteiger partial charge on any atom is -0.481 e. The predicted molar refractivity (Wildman–Crippen MR) is 85.8 cm³/mol. The van der Waals surface area contributed by atoms with Gasteiger partial charge in [0.05, 0.1) is 10.4 Å². The molecule has 2 atom stereocenters. The second-order valence-corrected chi connectivity index (χ2v) is 7.46. The highest BCUT2D eigenvalue weighted by molar-refractivity contribution is 9.10. The van der Waals surface area contributed by atoms with Crippen molar-refractivity contribution in [1.29, 1.82) is 0 Å². The van der Waals surface area contributed by atoms with Crippen LogP contribution in [0.2, 0.25) is 0 Å². The highest BCUT2D eigenvalue weighted by Gasteiger charge is 2.41. The summed E-state index contributed by atoms with van der Waals surface area (Å²) in [5.41, 5.74) is 0.0315. The van der Waals surface area contributed by atoms with Gasteiger partial charge in [-0.2, -0.15) is 0 Å². The van der Waals surface area contributed by atoms with E-state index in [1.807, 2.05) is 0 Å². The molecule has 0 spiro atoms. The number of carboxylic acids is 1. The highest BCUT2D eigenvalue weighted by atomic mass is 79.9. The summed E-state index contributed by atoms with van der Waals surface area (Å²) in [5.74, 6) is -2.55. The maximum atomic E-state index is 13.4. The van der Waals surface area contributed by atoms with E-state index in [4.69, 9.17) is 4.74 Å². The van der Waals surface area contributed by atoms with E-state index in [2.05, 4.69) is 15.9 Å². The van der Waals surface area contributed by atoms with Crippen molar-refractivity contribution < 1.29 is 23.8 Å². The molecule has 2 rings (SSSR count). The summed E-state index contributed by atoms with van der Waals surface area (Å²) in [6.07, 6.45) is -0.535. The summed E-state index contributed by atoms with van der Waals surface area (Å²) in [5, 5.41) is 9.44. The molecule has 0 bridgehead atoms. The molecular formula is C16H19BrFNO4. The molecule has 0 aromatic heterocycles. The number of amides is 1. The van der Waals surface area contributed by atoms with Crippen molar-refractivity contribution in [2.24, 2.45) is 5.92 Å². The topological polar surface area (TPSA) is 66.8 Å². The number of hydrogen-bond donors (Lipinski definition) is 1. The van der Waals surface area contributed by atoms with Crippen LogP contribution < -0.4 is 0 Å². The first kappa shape index (κ1) is 17.7. The van der Waals surface area contributed by atoms with Gasteiger partial charge in [0.1, 0.15) is 11.4 Å². The summed E-state index contributed by atoms with van der Waals surface area (Å²) in [6, 6.07) is 4.41. The Labute approximate surface area is 142 Å². The average molecular weight is 388 g/mol. The molecule has 1 heterocycles. The van der Waals surface area contributed by atoms with Crippen molar-refractivity contribution in [3.63, 3.8) is 0 Å². The third kappa shape index (κ3) is 4.22. The number of likely N-dealkylation sites (tertiary alicyclic amines) is 1. The van der Waals surface area contributed by atoms with E-state index in [0.717, 1.165) is 0 Å². The van der Waals surface area contributed by atoms with Gasteiger partial charge < -0.3 is 14.7 Å². The van der Waals surface area contributed by atoms with Crippen LogP contribution in [0, 0.1) is 11.7 Å². The first-order valence-electron chi connectivity index (χ1n) is 7.24. The maximum absolute atomic E-state index is 13.4. The molecule has 1 amide bonds. The van der Waals surface area contributed by atoms with Gasteiger partial charge >= 0.3 is 12.1 Å². The van der Waals surface area contributed by atoms with Crippen molar-refractivity contribution >= 4 is 28.0 Å². The minimum atomic E-state index is -0.985. The van der Waals surface area contributed by atoms with E-state index < -0.39 is 35.3 Å². The van der Waals surface area contributed by atoms with Crippen LogP contribution in [0.4, 0.5) is 9.18 Å². The molecule has 1 N–H and O–H groups in total. The normalized spacial score (nSPS) is 21.3. The highest BCUT2D eigenvalue weighted by Crippen LogP contribution is 2.35. The van der Waals surface area contributed by atoms with Crippen LogP contribution in [0.5, 0.6) is 0 Å². The number of nitrogens with zero attached hydrogens (tertiary/aromatic N) is 1. The fourth-order valence-electron chi connectivity index (χ4n) is 2.61. The first-order valence-corrected chi connectivity index (χ1v) is 8.03. The van der Waals surface area contributed by atoms with Crippen LogP contribution >= 0.6 is 15.9 Å². The van der Waals surface area contributed by atoms with Gasteiger partial charge in [-0.1, -0.05) is 6.07 Å². The molecule has 0 saturated carbocycles. The van der Waals surface area contributed by atoms with Crippen LogP contribution in [0.25, 0.3) is 0 Å².